The number of carbonyl (C=O) groups excluding carboxylic acids is 1. The number of amides is 1. The number of hydrogen-bond acceptors (Lipinski definition) is 3. The van der Waals surface area contributed by atoms with Crippen LogP contribution in [0.5, 0.6) is 0 Å². The predicted octanol–water partition coefficient (Wildman–Crippen LogP) is 3.70. The van der Waals surface area contributed by atoms with E-state index in [9.17, 15) is 4.79 Å². The first-order chi connectivity index (χ1) is 11.7. The smallest absolute Gasteiger partial charge is 0.272 e. The number of hydrogen-bond donors (Lipinski definition) is 0. The number of rotatable bonds is 6. The van der Waals surface area contributed by atoms with Crippen molar-refractivity contribution in [3.05, 3.63) is 64.4 Å². The number of nitrogens with zero attached hydrogens (tertiary/aromatic N) is 3. The van der Waals surface area contributed by atoms with E-state index in [0.717, 1.165) is 18.5 Å². The van der Waals surface area contributed by atoms with Crippen molar-refractivity contribution >= 4 is 17.5 Å². The Hall–Kier alpha value is -2.38. The first kappa shape index (κ1) is 16.5. The SMILES string of the molecule is N#Cc1ccc(C(=O)N(CCc2ccc(Cl)cc2)CC2CC2)nc1. The molecule has 1 amide bonds. The average molecular weight is 340 g/mol. The van der Waals surface area contributed by atoms with Gasteiger partial charge >= 0.3 is 0 Å². The van der Waals surface area contributed by atoms with Gasteiger partial charge in [-0.1, -0.05) is 23.7 Å². The highest BCUT2D eigenvalue weighted by Gasteiger charge is 2.27. The maximum absolute atomic E-state index is 12.7. The summed E-state index contributed by atoms with van der Waals surface area (Å²) in [5, 5.41) is 9.55. The fourth-order valence-electron chi connectivity index (χ4n) is 2.55. The third kappa shape index (κ3) is 4.33. The van der Waals surface area contributed by atoms with Crippen molar-refractivity contribution in [2.75, 3.05) is 13.1 Å². The second-order valence-corrected chi connectivity index (χ2v) is 6.55. The molecule has 122 valence electrons. The Kier molecular flexibility index (Phi) is 5.12. The highest BCUT2D eigenvalue weighted by Crippen LogP contribution is 2.30. The van der Waals surface area contributed by atoms with Gasteiger partial charge in [-0.2, -0.15) is 5.26 Å². The number of nitriles is 1. The maximum Gasteiger partial charge on any atom is 0.272 e. The topological polar surface area (TPSA) is 57.0 Å². The maximum atomic E-state index is 12.7. The number of pyridine rings is 1. The molecule has 1 fully saturated rings. The van der Waals surface area contributed by atoms with Crippen LogP contribution in [0.15, 0.2) is 42.6 Å². The normalized spacial score (nSPS) is 13.3. The van der Waals surface area contributed by atoms with Gasteiger partial charge in [-0.25, -0.2) is 4.98 Å². The van der Waals surface area contributed by atoms with Crippen LogP contribution in [0.2, 0.25) is 5.02 Å². The van der Waals surface area contributed by atoms with Crippen LogP contribution in [0.3, 0.4) is 0 Å². The molecular formula is C19H18ClN3O. The van der Waals surface area contributed by atoms with E-state index in [2.05, 4.69) is 4.98 Å². The van der Waals surface area contributed by atoms with Crippen LogP contribution in [0.4, 0.5) is 0 Å². The summed E-state index contributed by atoms with van der Waals surface area (Å²) in [6, 6.07) is 13.0. The molecule has 0 radical (unpaired) electrons. The average Bonchev–Trinajstić information content (AvgIpc) is 3.43. The minimum Gasteiger partial charge on any atom is -0.337 e. The zero-order valence-corrected chi connectivity index (χ0v) is 14.0. The highest BCUT2D eigenvalue weighted by atomic mass is 35.5. The van der Waals surface area contributed by atoms with Crippen molar-refractivity contribution in [3.8, 4) is 6.07 Å². The van der Waals surface area contributed by atoms with Crippen molar-refractivity contribution in [3.63, 3.8) is 0 Å². The Bertz CT molecular complexity index is 746. The van der Waals surface area contributed by atoms with Gasteiger partial charge in [-0.15, -0.1) is 0 Å². The van der Waals surface area contributed by atoms with E-state index in [-0.39, 0.29) is 5.91 Å². The molecule has 0 spiro atoms. The number of halogens is 1. The Morgan fingerprint density at radius 2 is 2.00 bits per heavy atom. The Balaban J connectivity index is 1.68. The van der Waals surface area contributed by atoms with Crippen LogP contribution in [0.1, 0.15) is 34.5 Å². The van der Waals surface area contributed by atoms with Gasteiger partial charge in [0.25, 0.3) is 5.91 Å². The lowest BCUT2D eigenvalue weighted by molar-refractivity contribution is 0.0743. The Morgan fingerprint density at radius 1 is 1.25 bits per heavy atom. The summed E-state index contributed by atoms with van der Waals surface area (Å²) in [7, 11) is 0. The summed E-state index contributed by atoms with van der Waals surface area (Å²) in [6.45, 7) is 1.42. The van der Waals surface area contributed by atoms with Crippen LogP contribution in [0.25, 0.3) is 0 Å². The number of carbonyl (C=O) groups is 1. The fraction of sp³-hybridized carbons (Fsp3) is 0.316. The molecule has 0 atom stereocenters. The van der Waals surface area contributed by atoms with Gasteiger partial charge in [-0.05, 0) is 55.0 Å². The summed E-state index contributed by atoms with van der Waals surface area (Å²) >= 11 is 5.91. The molecule has 3 rings (SSSR count). The molecule has 0 aliphatic heterocycles. The molecule has 1 heterocycles. The molecule has 0 unspecified atom stereocenters. The van der Waals surface area contributed by atoms with Gasteiger partial charge in [0.2, 0.25) is 0 Å². The molecule has 5 heteroatoms. The van der Waals surface area contributed by atoms with Gasteiger partial charge < -0.3 is 4.90 Å². The van der Waals surface area contributed by atoms with E-state index in [1.54, 1.807) is 12.1 Å². The van der Waals surface area contributed by atoms with E-state index >= 15 is 0 Å². The van der Waals surface area contributed by atoms with Crippen molar-refractivity contribution in [1.29, 1.82) is 5.26 Å². The molecule has 0 saturated heterocycles. The lowest BCUT2D eigenvalue weighted by Crippen LogP contribution is -2.35. The van der Waals surface area contributed by atoms with Gasteiger partial charge in [0.05, 0.1) is 5.56 Å². The summed E-state index contributed by atoms with van der Waals surface area (Å²) in [4.78, 5) is 18.8. The van der Waals surface area contributed by atoms with Crippen LogP contribution in [0, 0.1) is 17.2 Å². The van der Waals surface area contributed by atoms with Gasteiger partial charge in [0.15, 0.2) is 0 Å². The van der Waals surface area contributed by atoms with E-state index in [1.165, 1.54) is 19.0 Å². The lowest BCUT2D eigenvalue weighted by Gasteiger charge is -2.22. The first-order valence-corrected chi connectivity index (χ1v) is 8.43. The Morgan fingerprint density at radius 3 is 2.58 bits per heavy atom. The standard InChI is InChI=1S/C19H18ClN3O/c20-17-6-3-14(4-7-17)9-10-23(13-15-1-2-15)19(24)18-8-5-16(11-21)12-22-18/h3-8,12,15H,1-2,9-10,13H2. The van der Waals surface area contributed by atoms with Crippen LogP contribution in [-0.4, -0.2) is 28.9 Å². The molecule has 1 aliphatic carbocycles. The van der Waals surface area contributed by atoms with Gasteiger partial charge in [-0.3, -0.25) is 4.79 Å². The summed E-state index contributed by atoms with van der Waals surface area (Å²) in [6.07, 6.45) is 4.60. The fourth-order valence-corrected chi connectivity index (χ4v) is 2.68. The molecule has 0 bridgehead atoms. The first-order valence-electron chi connectivity index (χ1n) is 8.05. The molecule has 1 saturated carbocycles. The van der Waals surface area contributed by atoms with E-state index in [1.807, 2.05) is 35.2 Å². The molecule has 1 aliphatic rings. The molecule has 1 aromatic heterocycles. The van der Waals surface area contributed by atoms with Crippen LogP contribution < -0.4 is 0 Å². The highest BCUT2D eigenvalue weighted by molar-refractivity contribution is 6.30. The minimum absolute atomic E-state index is 0.0691. The molecule has 24 heavy (non-hydrogen) atoms. The monoisotopic (exact) mass is 339 g/mol. The molecule has 0 N–H and O–H groups in total. The second-order valence-electron chi connectivity index (χ2n) is 6.11. The third-order valence-electron chi connectivity index (χ3n) is 4.16. The van der Waals surface area contributed by atoms with E-state index in [4.69, 9.17) is 16.9 Å². The van der Waals surface area contributed by atoms with Gasteiger partial charge in [0, 0.05) is 24.3 Å². The van der Waals surface area contributed by atoms with Crippen LogP contribution >= 0.6 is 11.6 Å². The van der Waals surface area contributed by atoms with Crippen LogP contribution in [-0.2, 0) is 6.42 Å². The zero-order chi connectivity index (χ0) is 16.9. The minimum atomic E-state index is -0.0691. The number of aromatic nitrogens is 1. The Labute approximate surface area is 146 Å². The third-order valence-corrected chi connectivity index (χ3v) is 4.41. The predicted molar refractivity (Wildman–Crippen MR) is 92.7 cm³/mol. The van der Waals surface area contributed by atoms with Crippen molar-refractivity contribution in [2.24, 2.45) is 5.92 Å². The van der Waals surface area contributed by atoms with Crippen molar-refractivity contribution in [2.45, 2.75) is 19.3 Å². The van der Waals surface area contributed by atoms with Crippen molar-refractivity contribution < 1.29 is 4.79 Å². The summed E-state index contributed by atoms with van der Waals surface area (Å²) in [5.74, 6) is 0.540. The molecule has 1 aromatic carbocycles. The zero-order valence-electron chi connectivity index (χ0n) is 13.3. The second kappa shape index (κ2) is 7.46. The van der Waals surface area contributed by atoms with E-state index in [0.29, 0.717) is 28.7 Å². The lowest BCUT2D eigenvalue weighted by atomic mass is 10.1. The van der Waals surface area contributed by atoms with Gasteiger partial charge in [0.1, 0.15) is 11.8 Å². The largest absolute Gasteiger partial charge is 0.337 e. The van der Waals surface area contributed by atoms with Crippen molar-refractivity contribution in [1.82, 2.24) is 9.88 Å². The molecule has 2 aromatic rings. The molecule has 4 nitrogen and oxygen atoms in total. The quantitative estimate of drug-likeness (QED) is 0.806. The number of benzene rings is 1. The summed E-state index contributed by atoms with van der Waals surface area (Å²) in [5.41, 5.74) is 2.01. The molecular weight excluding hydrogens is 322 g/mol. The van der Waals surface area contributed by atoms with E-state index < -0.39 is 0 Å². The summed E-state index contributed by atoms with van der Waals surface area (Å²) < 4.78 is 0.